The largest absolute Gasteiger partial charge is 0.393 e. The number of aliphatic hydroxyl groups is 1. The van der Waals surface area contributed by atoms with Gasteiger partial charge in [-0.3, -0.25) is 0 Å². The molecule has 0 spiro atoms. The number of aliphatic hydroxyl groups excluding tert-OH is 1. The molecule has 96 valence electrons. The van der Waals surface area contributed by atoms with E-state index in [0.717, 1.165) is 26.1 Å². The van der Waals surface area contributed by atoms with Gasteiger partial charge < -0.3 is 15.0 Å². The highest BCUT2D eigenvalue weighted by atomic mass is 16.3. The SMILES string of the molecule is CCCn1cccc1CNCC1CCCC1O. The number of rotatable bonds is 6. The molecule has 1 heterocycles. The molecule has 1 aromatic heterocycles. The van der Waals surface area contributed by atoms with Crippen molar-refractivity contribution in [1.29, 1.82) is 0 Å². The summed E-state index contributed by atoms with van der Waals surface area (Å²) in [5.74, 6) is 0.463. The normalized spacial score (nSPS) is 24.4. The van der Waals surface area contributed by atoms with Crippen molar-refractivity contribution in [2.24, 2.45) is 5.92 Å². The van der Waals surface area contributed by atoms with E-state index in [4.69, 9.17) is 0 Å². The standard InChI is InChI=1S/C14H24N2O/c1-2-8-16-9-4-6-13(16)11-15-10-12-5-3-7-14(12)17/h4,6,9,12,14-15,17H,2-3,5,7-8,10-11H2,1H3. The van der Waals surface area contributed by atoms with E-state index in [1.54, 1.807) is 0 Å². The third-order valence-corrected chi connectivity index (χ3v) is 3.72. The van der Waals surface area contributed by atoms with Crippen LogP contribution in [0.3, 0.4) is 0 Å². The topological polar surface area (TPSA) is 37.2 Å². The maximum absolute atomic E-state index is 9.74. The molecular weight excluding hydrogens is 212 g/mol. The highest BCUT2D eigenvalue weighted by Crippen LogP contribution is 2.24. The molecule has 1 aromatic rings. The Balaban J connectivity index is 1.75. The van der Waals surface area contributed by atoms with Gasteiger partial charge in [-0.15, -0.1) is 0 Å². The van der Waals surface area contributed by atoms with E-state index in [1.807, 2.05) is 0 Å². The van der Waals surface area contributed by atoms with E-state index >= 15 is 0 Å². The zero-order valence-electron chi connectivity index (χ0n) is 10.7. The first kappa shape index (κ1) is 12.7. The van der Waals surface area contributed by atoms with Gasteiger partial charge in [0, 0.05) is 31.5 Å². The van der Waals surface area contributed by atoms with Crippen LogP contribution < -0.4 is 5.32 Å². The van der Waals surface area contributed by atoms with Crippen molar-refractivity contribution in [3.8, 4) is 0 Å². The lowest BCUT2D eigenvalue weighted by atomic mass is 10.1. The number of hydrogen-bond acceptors (Lipinski definition) is 2. The van der Waals surface area contributed by atoms with E-state index in [2.05, 4.69) is 35.1 Å². The number of nitrogens with zero attached hydrogens (tertiary/aromatic N) is 1. The molecular formula is C14H24N2O. The van der Waals surface area contributed by atoms with Crippen LogP contribution in [0.5, 0.6) is 0 Å². The summed E-state index contributed by atoms with van der Waals surface area (Å²) in [6.45, 7) is 5.15. The Morgan fingerprint density at radius 1 is 1.47 bits per heavy atom. The molecule has 1 fully saturated rings. The number of hydrogen-bond donors (Lipinski definition) is 2. The average molecular weight is 236 g/mol. The van der Waals surface area contributed by atoms with Crippen LogP contribution in [0.2, 0.25) is 0 Å². The van der Waals surface area contributed by atoms with E-state index in [9.17, 15) is 5.11 Å². The Bertz CT molecular complexity index is 335. The van der Waals surface area contributed by atoms with Crippen molar-refractivity contribution in [3.63, 3.8) is 0 Å². The van der Waals surface area contributed by atoms with Gasteiger partial charge in [0.15, 0.2) is 0 Å². The number of nitrogens with one attached hydrogen (secondary N) is 1. The van der Waals surface area contributed by atoms with Crippen molar-refractivity contribution in [3.05, 3.63) is 24.0 Å². The minimum atomic E-state index is -0.0788. The van der Waals surface area contributed by atoms with Gasteiger partial charge in [-0.2, -0.15) is 0 Å². The zero-order chi connectivity index (χ0) is 12.1. The number of aryl methyl sites for hydroxylation is 1. The fourth-order valence-electron chi connectivity index (χ4n) is 2.71. The molecule has 1 saturated carbocycles. The van der Waals surface area contributed by atoms with Gasteiger partial charge in [-0.25, -0.2) is 0 Å². The Labute approximate surface area is 104 Å². The van der Waals surface area contributed by atoms with Crippen molar-refractivity contribution in [1.82, 2.24) is 9.88 Å². The molecule has 3 heteroatoms. The fraction of sp³-hybridized carbons (Fsp3) is 0.714. The summed E-state index contributed by atoms with van der Waals surface area (Å²) < 4.78 is 2.30. The molecule has 0 bridgehead atoms. The Hall–Kier alpha value is -0.800. The van der Waals surface area contributed by atoms with Crippen molar-refractivity contribution in [2.45, 2.75) is 51.8 Å². The smallest absolute Gasteiger partial charge is 0.0580 e. The summed E-state index contributed by atoms with van der Waals surface area (Å²) in [4.78, 5) is 0. The minimum absolute atomic E-state index is 0.0788. The second-order valence-corrected chi connectivity index (χ2v) is 5.08. The van der Waals surface area contributed by atoms with Crippen LogP contribution in [-0.2, 0) is 13.1 Å². The van der Waals surface area contributed by atoms with Crippen molar-refractivity contribution in [2.75, 3.05) is 6.54 Å². The molecule has 2 unspecified atom stereocenters. The van der Waals surface area contributed by atoms with Gasteiger partial charge in [0.25, 0.3) is 0 Å². The second kappa shape index (κ2) is 6.22. The van der Waals surface area contributed by atoms with Crippen LogP contribution in [0, 0.1) is 5.92 Å². The van der Waals surface area contributed by atoms with Gasteiger partial charge >= 0.3 is 0 Å². The first-order valence-corrected chi connectivity index (χ1v) is 6.84. The van der Waals surface area contributed by atoms with Gasteiger partial charge in [0.2, 0.25) is 0 Å². The summed E-state index contributed by atoms with van der Waals surface area (Å²) in [6, 6.07) is 4.28. The third kappa shape index (κ3) is 3.33. The van der Waals surface area contributed by atoms with Gasteiger partial charge in [0.05, 0.1) is 6.10 Å². The third-order valence-electron chi connectivity index (χ3n) is 3.72. The Morgan fingerprint density at radius 2 is 2.35 bits per heavy atom. The average Bonchev–Trinajstić information content (AvgIpc) is 2.90. The summed E-state index contributed by atoms with van der Waals surface area (Å²) >= 11 is 0. The van der Waals surface area contributed by atoms with Crippen LogP contribution in [0.1, 0.15) is 38.3 Å². The highest BCUT2D eigenvalue weighted by Gasteiger charge is 2.24. The fourth-order valence-corrected chi connectivity index (χ4v) is 2.71. The van der Waals surface area contributed by atoms with Crippen LogP contribution in [0.4, 0.5) is 0 Å². The lowest BCUT2D eigenvalue weighted by molar-refractivity contribution is 0.131. The molecule has 1 aliphatic rings. The summed E-state index contributed by atoms with van der Waals surface area (Å²) in [5.41, 5.74) is 1.35. The van der Waals surface area contributed by atoms with Crippen LogP contribution >= 0.6 is 0 Å². The Morgan fingerprint density at radius 3 is 3.06 bits per heavy atom. The molecule has 1 aliphatic carbocycles. The zero-order valence-corrected chi connectivity index (χ0v) is 10.7. The molecule has 0 saturated heterocycles. The molecule has 3 nitrogen and oxygen atoms in total. The lowest BCUT2D eigenvalue weighted by Crippen LogP contribution is -2.28. The monoisotopic (exact) mass is 236 g/mol. The molecule has 0 aliphatic heterocycles. The Kier molecular flexibility index (Phi) is 4.63. The van der Waals surface area contributed by atoms with Gasteiger partial charge in [-0.1, -0.05) is 13.3 Å². The molecule has 17 heavy (non-hydrogen) atoms. The summed E-state index contributed by atoms with van der Waals surface area (Å²) in [6.07, 6.45) is 6.57. The van der Waals surface area contributed by atoms with Crippen LogP contribution in [0.15, 0.2) is 18.3 Å². The first-order chi connectivity index (χ1) is 8.31. The predicted molar refractivity (Wildman–Crippen MR) is 69.8 cm³/mol. The van der Waals surface area contributed by atoms with Gasteiger partial charge in [-0.05, 0) is 37.3 Å². The minimum Gasteiger partial charge on any atom is -0.393 e. The molecule has 2 N–H and O–H groups in total. The highest BCUT2D eigenvalue weighted by molar-refractivity contribution is 5.06. The van der Waals surface area contributed by atoms with Crippen molar-refractivity contribution >= 4 is 0 Å². The molecule has 2 atom stereocenters. The van der Waals surface area contributed by atoms with E-state index < -0.39 is 0 Å². The van der Waals surface area contributed by atoms with E-state index in [-0.39, 0.29) is 6.10 Å². The molecule has 0 aromatic carbocycles. The van der Waals surface area contributed by atoms with Crippen LogP contribution in [-0.4, -0.2) is 22.3 Å². The van der Waals surface area contributed by atoms with Crippen LogP contribution in [0.25, 0.3) is 0 Å². The summed E-state index contributed by atoms with van der Waals surface area (Å²) in [7, 11) is 0. The molecule has 2 rings (SSSR count). The van der Waals surface area contributed by atoms with E-state index in [1.165, 1.54) is 25.0 Å². The van der Waals surface area contributed by atoms with Gasteiger partial charge in [0.1, 0.15) is 0 Å². The predicted octanol–water partition coefficient (Wildman–Crippen LogP) is 2.15. The van der Waals surface area contributed by atoms with Crippen molar-refractivity contribution < 1.29 is 5.11 Å². The maximum atomic E-state index is 9.74. The molecule has 0 radical (unpaired) electrons. The summed E-state index contributed by atoms with van der Waals surface area (Å²) in [5, 5.41) is 13.2. The van der Waals surface area contributed by atoms with E-state index in [0.29, 0.717) is 5.92 Å². The second-order valence-electron chi connectivity index (χ2n) is 5.08. The number of aromatic nitrogens is 1. The first-order valence-electron chi connectivity index (χ1n) is 6.84. The lowest BCUT2D eigenvalue weighted by Gasteiger charge is -2.15. The molecule has 0 amide bonds. The quantitative estimate of drug-likeness (QED) is 0.794. The maximum Gasteiger partial charge on any atom is 0.0580 e.